The zero-order chi connectivity index (χ0) is 9.72. The minimum absolute atomic E-state index is 0.294. The normalized spacial score (nSPS) is 19.0. The first-order valence-corrected chi connectivity index (χ1v) is 4.03. The number of nitrogens with two attached hydrogens (primary N) is 2. The second-order valence-electron chi connectivity index (χ2n) is 3.12. The molecule has 0 aromatic heterocycles. The lowest BCUT2D eigenvalue weighted by molar-refractivity contribution is 0.615. The Morgan fingerprint density at radius 3 is 1.33 bits per heavy atom. The Hall–Kier alpha value is -1.06. The Morgan fingerprint density at radius 2 is 1.17 bits per heavy atom. The molecule has 0 spiro atoms. The van der Waals surface area contributed by atoms with Gasteiger partial charge in [0.2, 0.25) is 0 Å². The number of hydrogen-bond donors (Lipinski definition) is 2. The number of nitrogens with zero attached hydrogens (tertiary/aromatic N) is 2. The van der Waals surface area contributed by atoms with Gasteiger partial charge in [0.05, 0.1) is 0 Å². The molecule has 0 aliphatic rings. The first kappa shape index (κ1) is 10.9. The highest BCUT2D eigenvalue weighted by molar-refractivity contribution is 5.92. The number of rotatable bonds is 3. The summed E-state index contributed by atoms with van der Waals surface area (Å²) < 4.78 is 0. The van der Waals surface area contributed by atoms with E-state index in [4.69, 9.17) is 11.7 Å². The zero-order valence-electron chi connectivity index (χ0n) is 8.20. The summed E-state index contributed by atoms with van der Waals surface area (Å²) >= 11 is 0. The molecule has 2 atom stereocenters. The van der Waals surface area contributed by atoms with Crippen molar-refractivity contribution in [3.05, 3.63) is 0 Å². The monoisotopic (exact) mass is 170 g/mol. The summed E-state index contributed by atoms with van der Waals surface area (Å²) in [5.74, 6) is 10.9. The fourth-order valence-electron chi connectivity index (χ4n) is 0.959. The third kappa shape index (κ3) is 2.53. The molecule has 4 nitrogen and oxygen atoms in total. The molecule has 0 amide bonds. The van der Waals surface area contributed by atoms with Crippen LogP contribution in [0.25, 0.3) is 0 Å². The van der Waals surface area contributed by atoms with E-state index in [1.165, 1.54) is 0 Å². The molecule has 0 fully saturated rings. The fourth-order valence-corrected chi connectivity index (χ4v) is 0.959. The van der Waals surface area contributed by atoms with Gasteiger partial charge in [0, 0.05) is 23.3 Å². The van der Waals surface area contributed by atoms with Crippen LogP contribution in [0.15, 0.2) is 10.2 Å². The lowest BCUT2D eigenvalue weighted by Gasteiger charge is -2.18. The Bertz CT molecular complexity index is 173. The lowest BCUT2D eigenvalue weighted by atomic mass is 9.89. The fraction of sp³-hybridized carbons (Fsp3) is 0.750. The van der Waals surface area contributed by atoms with Gasteiger partial charge >= 0.3 is 0 Å². The highest BCUT2D eigenvalue weighted by atomic mass is 15.1. The van der Waals surface area contributed by atoms with Crippen molar-refractivity contribution in [2.45, 2.75) is 27.7 Å². The number of hydrogen-bond acceptors (Lipinski definition) is 4. The molecule has 2 unspecified atom stereocenters. The van der Waals surface area contributed by atoms with E-state index in [-0.39, 0.29) is 0 Å². The first-order valence-electron chi connectivity index (χ1n) is 4.03. The maximum atomic E-state index is 5.17. The van der Waals surface area contributed by atoms with Gasteiger partial charge in [0.15, 0.2) is 0 Å². The molecule has 0 aromatic rings. The van der Waals surface area contributed by atoms with E-state index in [2.05, 4.69) is 24.1 Å². The molecule has 0 radical (unpaired) electrons. The van der Waals surface area contributed by atoms with Gasteiger partial charge in [0.1, 0.15) is 0 Å². The van der Waals surface area contributed by atoms with Crippen LogP contribution in [-0.2, 0) is 0 Å². The van der Waals surface area contributed by atoms with Gasteiger partial charge in [-0.1, -0.05) is 13.8 Å². The largest absolute Gasteiger partial charge is 0.323 e. The van der Waals surface area contributed by atoms with E-state index < -0.39 is 0 Å². The molecule has 0 aliphatic carbocycles. The molecule has 4 heteroatoms. The van der Waals surface area contributed by atoms with Gasteiger partial charge in [0.25, 0.3) is 0 Å². The molecule has 0 saturated heterocycles. The van der Waals surface area contributed by atoms with Gasteiger partial charge in [-0.25, -0.2) is 0 Å². The summed E-state index contributed by atoms with van der Waals surface area (Å²) in [6.07, 6.45) is 0. The van der Waals surface area contributed by atoms with Crippen molar-refractivity contribution in [3.63, 3.8) is 0 Å². The highest BCUT2D eigenvalue weighted by Crippen LogP contribution is 2.14. The van der Waals surface area contributed by atoms with E-state index in [9.17, 15) is 0 Å². The predicted molar refractivity (Wildman–Crippen MR) is 52.9 cm³/mol. The summed E-state index contributed by atoms with van der Waals surface area (Å²) in [5.41, 5.74) is 1.84. The van der Waals surface area contributed by atoms with Crippen molar-refractivity contribution in [3.8, 4) is 0 Å². The molecule has 0 bridgehead atoms. The van der Waals surface area contributed by atoms with Crippen molar-refractivity contribution < 1.29 is 0 Å². The summed E-state index contributed by atoms with van der Waals surface area (Å²) in [6, 6.07) is 0. The molecule has 0 heterocycles. The van der Waals surface area contributed by atoms with Crippen molar-refractivity contribution in [1.82, 2.24) is 0 Å². The van der Waals surface area contributed by atoms with E-state index in [0.29, 0.717) is 11.8 Å². The van der Waals surface area contributed by atoms with Crippen LogP contribution in [-0.4, -0.2) is 11.4 Å². The van der Waals surface area contributed by atoms with E-state index in [1.807, 2.05) is 13.8 Å². The highest BCUT2D eigenvalue weighted by Gasteiger charge is 2.17. The zero-order valence-corrected chi connectivity index (χ0v) is 8.20. The van der Waals surface area contributed by atoms with Crippen molar-refractivity contribution in [2.75, 3.05) is 0 Å². The minimum Gasteiger partial charge on any atom is -0.323 e. The van der Waals surface area contributed by atoms with Gasteiger partial charge < -0.3 is 11.7 Å². The second kappa shape index (κ2) is 4.74. The Labute approximate surface area is 73.7 Å². The topological polar surface area (TPSA) is 76.8 Å². The molecule has 12 heavy (non-hydrogen) atoms. The van der Waals surface area contributed by atoms with Crippen LogP contribution in [0.5, 0.6) is 0 Å². The third-order valence-corrected chi connectivity index (χ3v) is 2.48. The quantitative estimate of drug-likeness (QED) is 0.375. The average molecular weight is 170 g/mol. The Kier molecular flexibility index (Phi) is 4.33. The molecule has 0 aromatic carbocycles. The Balaban J connectivity index is 4.39. The van der Waals surface area contributed by atoms with Gasteiger partial charge in [-0.2, -0.15) is 10.2 Å². The van der Waals surface area contributed by atoms with Crippen LogP contribution in [0.3, 0.4) is 0 Å². The maximum absolute atomic E-state index is 5.17. The summed E-state index contributed by atoms with van der Waals surface area (Å²) in [4.78, 5) is 0. The second-order valence-corrected chi connectivity index (χ2v) is 3.12. The summed E-state index contributed by atoms with van der Waals surface area (Å²) in [7, 11) is 0. The SMILES string of the molecule is C/C(=N\N)C(C)C(C)/C(C)=N/N. The predicted octanol–water partition coefficient (Wildman–Crippen LogP) is 0.928. The van der Waals surface area contributed by atoms with Crippen LogP contribution < -0.4 is 11.7 Å². The lowest BCUT2D eigenvalue weighted by Crippen LogP contribution is -2.24. The number of hydrazone groups is 2. The van der Waals surface area contributed by atoms with Crippen molar-refractivity contribution in [1.29, 1.82) is 0 Å². The van der Waals surface area contributed by atoms with Crippen LogP contribution in [0.2, 0.25) is 0 Å². The standard InChI is InChI=1S/C8H18N4/c1-5(7(3)11-9)6(2)8(4)12-10/h5-6H,9-10H2,1-4H3/b11-7+,12-8+. The molecule has 0 saturated carbocycles. The van der Waals surface area contributed by atoms with E-state index >= 15 is 0 Å². The molecule has 70 valence electrons. The first-order chi connectivity index (χ1) is 5.54. The van der Waals surface area contributed by atoms with Gasteiger partial charge in [-0.05, 0) is 13.8 Å². The molecule has 0 aliphatic heterocycles. The molecular weight excluding hydrogens is 152 g/mol. The third-order valence-electron chi connectivity index (χ3n) is 2.48. The summed E-state index contributed by atoms with van der Waals surface area (Å²) in [6.45, 7) is 7.94. The Morgan fingerprint density at radius 1 is 0.917 bits per heavy atom. The molecule has 4 N–H and O–H groups in total. The maximum Gasteiger partial charge on any atom is 0.0379 e. The van der Waals surface area contributed by atoms with Crippen LogP contribution in [0.1, 0.15) is 27.7 Å². The summed E-state index contributed by atoms with van der Waals surface area (Å²) in [5, 5.41) is 7.29. The smallest absolute Gasteiger partial charge is 0.0379 e. The molecular formula is C8H18N4. The van der Waals surface area contributed by atoms with Crippen molar-refractivity contribution >= 4 is 11.4 Å². The molecule has 0 rings (SSSR count). The van der Waals surface area contributed by atoms with Crippen molar-refractivity contribution in [2.24, 2.45) is 33.7 Å². The van der Waals surface area contributed by atoms with Gasteiger partial charge in [-0.15, -0.1) is 0 Å². The van der Waals surface area contributed by atoms with Gasteiger partial charge in [-0.3, -0.25) is 0 Å². The van der Waals surface area contributed by atoms with E-state index in [0.717, 1.165) is 11.4 Å². The average Bonchev–Trinajstić information content (AvgIpc) is 2.12. The van der Waals surface area contributed by atoms with Crippen LogP contribution in [0, 0.1) is 11.8 Å². The minimum atomic E-state index is 0.294. The van der Waals surface area contributed by atoms with Crippen LogP contribution >= 0.6 is 0 Å². The van der Waals surface area contributed by atoms with E-state index in [1.54, 1.807) is 0 Å². The van der Waals surface area contributed by atoms with Crippen LogP contribution in [0.4, 0.5) is 0 Å².